The Balaban J connectivity index is 1.88. The van der Waals surface area contributed by atoms with Crippen LogP contribution < -0.4 is 10.5 Å². The van der Waals surface area contributed by atoms with Crippen molar-refractivity contribution in [1.29, 1.82) is 0 Å². The predicted octanol–water partition coefficient (Wildman–Crippen LogP) is 1.97. The Morgan fingerprint density at radius 3 is 2.58 bits per heavy atom. The molecule has 8 heteroatoms. The maximum Gasteiger partial charge on any atom is 0.243 e. The Hall–Kier alpha value is -2.58. The second kappa shape index (κ2) is 6.14. The number of nitrogens with zero attached hydrogens (tertiary/aromatic N) is 2. The molecule has 0 amide bonds. The zero-order valence-corrected chi connectivity index (χ0v) is 14.2. The van der Waals surface area contributed by atoms with E-state index in [4.69, 9.17) is 10.5 Å². The highest BCUT2D eigenvalue weighted by molar-refractivity contribution is 7.89. The van der Waals surface area contributed by atoms with Gasteiger partial charge >= 0.3 is 0 Å². The molecule has 0 aliphatic rings. The van der Waals surface area contributed by atoms with Gasteiger partial charge in [0.15, 0.2) is 5.82 Å². The Bertz CT molecular complexity index is 965. The number of benzene rings is 2. The molecule has 126 valence electrons. The van der Waals surface area contributed by atoms with E-state index >= 15 is 0 Å². The summed E-state index contributed by atoms with van der Waals surface area (Å²) in [5.74, 6) is 1.00. The lowest BCUT2D eigenvalue weighted by Crippen LogP contribution is -2.26. The van der Waals surface area contributed by atoms with Gasteiger partial charge in [-0.05, 0) is 35.9 Å². The van der Waals surface area contributed by atoms with E-state index in [1.54, 1.807) is 38.4 Å². The number of anilines is 1. The van der Waals surface area contributed by atoms with Gasteiger partial charge in [0.1, 0.15) is 5.75 Å². The van der Waals surface area contributed by atoms with Gasteiger partial charge in [-0.2, -0.15) is 9.40 Å². The van der Waals surface area contributed by atoms with E-state index in [1.165, 1.54) is 10.4 Å². The molecule has 3 rings (SSSR count). The normalized spacial score (nSPS) is 12.0. The summed E-state index contributed by atoms with van der Waals surface area (Å²) in [4.78, 5) is 0.180. The minimum absolute atomic E-state index is 0.180. The lowest BCUT2D eigenvalue weighted by Gasteiger charge is -2.17. The predicted molar refractivity (Wildman–Crippen MR) is 92.2 cm³/mol. The largest absolute Gasteiger partial charge is 0.497 e. The number of sulfonamides is 1. The number of aromatic amines is 1. The molecule has 0 aliphatic heterocycles. The fraction of sp³-hybridized carbons (Fsp3) is 0.188. The van der Waals surface area contributed by atoms with Crippen molar-refractivity contribution in [1.82, 2.24) is 14.5 Å². The van der Waals surface area contributed by atoms with Gasteiger partial charge in [0, 0.05) is 19.0 Å². The number of hydrogen-bond acceptors (Lipinski definition) is 5. The van der Waals surface area contributed by atoms with E-state index in [1.807, 2.05) is 12.1 Å². The number of nitrogen functional groups attached to an aromatic ring is 1. The van der Waals surface area contributed by atoms with E-state index in [2.05, 4.69) is 10.2 Å². The topological polar surface area (TPSA) is 101 Å². The molecule has 0 radical (unpaired) electrons. The summed E-state index contributed by atoms with van der Waals surface area (Å²) in [6, 6.07) is 12.0. The first-order chi connectivity index (χ1) is 11.4. The van der Waals surface area contributed by atoms with Gasteiger partial charge in [0.2, 0.25) is 10.0 Å². The van der Waals surface area contributed by atoms with Gasteiger partial charge in [-0.1, -0.05) is 12.1 Å². The van der Waals surface area contributed by atoms with Crippen molar-refractivity contribution in [3.8, 4) is 5.75 Å². The molecule has 0 bridgehead atoms. The number of rotatable bonds is 5. The second-order valence-corrected chi connectivity index (χ2v) is 7.47. The fourth-order valence-electron chi connectivity index (χ4n) is 2.43. The first-order valence-electron chi connectivity index (χ1n) is 7.24. The van der Waals surface area contributed by atoms with Gasteiger partial charge in [0.25, 0.3) is 0 Å². The molecule has 1 aromatic heterocycles. The SMILES string of the molecule is COc1ccc(CN(C)S(=O)(=O)c2ccc3[nH]nc(N)c3c2)cc1. The van der Waals surface area contributed by atoms with Crippen molar-refractivity contribution in [3.63, 3.8) is 0 Å². The summed E-state index contributed by atoms with van der Waals surface area (Å²) in [6.07, 6.45) is 0. The van der Waals surface area contributed by atoms with Crippen molar-refractivity contribution in [3.05, 3.63) is 48.0 Å². The third kappa shape index (κ3) is 2.93. The number of nitrogens with one attached hydrogen (secondary N) is 1. The number of methoxy groups -OCH3 is 1. The summed E-state index contributed by atoms with van der Waals surface area (Å²) < 4.78 is 31.9. The highest BCUT2D eigenvalue weighted by atomic mass is 32.2. The Labute approximate surface area is 140 Å². The van der Waals surface area contributed by atoms with Crippen LogP contribution >= 0.6 is 0 Å². The summed E-state index contributed by atoms with van der Waals surface area (Å²) in [6.45, 7) is 0.255. The molecule has 3 N–H and O–H groups in total. The average molecular weight is 346 g/mol. The van der Waals surface area contributed by atoms with Crippen LogP contribution in [-0.4, -0.2) is 37.1 Å². The monoisotopic (exact) mass is 346 g/mol. The molecule has 1 heterocycles. The van der Waals surface area contributed by atoms with Crippen molar-refractivity contribution in [2.45, 2.75) is 11.4 Å². The highest BCUT2D eigenvalue weighted by Gasteiger charge is 2.22. The Morgan fingerprint density at radius 2 is 1.92 bits per heavy atom. The van der Waals surface area contributed by atoms with Crippen molar-refractivity contribution in [2.75, 3.05) is 19.9 Å². The maximum absolute atomic E-state index is 12.8. The van der Waals surface area contributed by atoms with Crippen molar-refractivity contribution < 1.29 is 13.2 Å². The zero-order valence-electron chi connectivity index (χ0n) is 13.4. The zero-order chi connectivity index (χ0) is 17.3. The summed E-state index contributed by atoms with van der Waals surface area (Å²) in [5, 5.41) is 7.22. The molecule has 0 atom stereocenters. The van der Waals surface area contributed by atoms with Crippen LogP contribution in [0.4, 0.5) is 5.82 Å². The van der Waals surface area contributed by atoms with Crippen LogP contribution in [0.5, 0.6) is 5.75 Å². The summed E-state index contributed by atoms with van der Waals surface area (Å²) in [5.41, 5.74) is 7.32. The van der Waals surface area contributed by atoms with Gasteiger partial charge < -0.3 is 10.5 Å². The quantitative estimate of drug-likeness (QED) is 0.735. The van der Waals surface area contributed by atoms with Crippen LogP contribution in [0, 0.1) is 0 Å². The fourth-order valence-corrected chi connectivity index (χ4v) is 3.61. The molecule has 2 aromatic carbocycles. The lowest BCUT2D eigenvalue weighted by molar-refractivity contribution is 0.414. The molecule has 0 fully saturated rings. The van der Waals surface area contributed by atoms with Gasteiger partial charge in [-0.3, -0.25) is 5.10 Å². The number of aromatic nitrogens is 2. The first kappa shape index (κ1) is 16.3. The molecule has 0 saturated heterocycles. The van der Waals surface area contributed by atoms with Crippen LogP contribution in [0.1, 0.15) is 5.56 Å². The smallest absolute Gasteiger partial charge is 0.243 e. The molecule has 24 heavy (non-hydrogen) atoms. The number of ether oxygens (including phenoxy) is 1. The molecule has 0 saturated carbocycles. The molecular formula is C16H18N4O3S. The van der Waals surface area contributed by atoms with Crippen LogP contribution in [0.3, 0.4) is 0 Å². The molecule has 3 aromatic rings. The van der Waals surface area contributed by atoms with Crippen LogP contribution in [0.25, 0.3) is 10.9 Å². The van der Waals surface area contributed by atoms with Crippen LogP contribution in [-0.2, 0) is 16.6 Å². The van der Waals surface area contributed by atoms with E-state index in [0.29, 0.717) is 10.9 Å². The molecule has 7 nitrogen and oxygen atoms in total. The maximum atomic E-state index is 12.8. The third-order valence-electron chi connectivity index (χ3n) is 3.84. The third-order valence-corrected chi connectivity index (χ3v) is 5.64. The molecule has 0 spiro atoms. The van der Waals surface area contributed by atoms with Gasteiger partial charge in [-0.15, -0.1) is 0 Å². The average Bonchev–Trinajstić information content (AvgIpc) is 2.96. The molecule has 0 unspecified atom stereocenters. The number of fused-ring (bicyclic) bond motifs is 1. The van der Waals surface area contributed by atoms with E-state index in [0.717, 1.165) is 11.3 Å². The second-order valence-electron chi connectivity index (χ2n) is 5.43. The molecular weight excluding hydrogens is 328 g/mol. The summed E-state index contributed by atoms with van der Waals surface area (Å²) in [7, 11) is -0.503. The first-order valence-corrected chi connectivity index (χ1v) is 8.68. The lowest BCUT2D eigenvalue weighted by atomic mass is 10.2. The Kier molecular flexibility index (Phi) is 4.16. The van der Waals surface area contributed by atoms with E-state index < -0.39 is 10.0 Å². The number of H-pyrrole nitrogens is 1. The number of hydrogen-bond donors (Lipinski definition) is 2. The van der Waals surface area contributed by atoms with Gasteiger partial charge in [-0.25, -0.2) is 8.42 Å². The van der Waals surface area contributed by atoms with Gasteiger partial charge in [0.05, 0.1) is 17.5 Å². The van der Waals surface area contributed by atoms with Crippen LogP contribution in [0.15, 0.2) is 47.4 Å². The number of nitrogens with two attached hydrogens (primary N) is 1. The van der Waals surface area contributed by atoms with Crippen LogP contribution in [0.2, 0.25) is 0 Å². The van der Waals surface area contributed by atoms with E-state index in [9.17, 15) is 8.42 Å². The molecule has 0 aliphatic carbocycles. The minimum atomic E-state index is -3.63. The summed E-state index contributed by atoms with van der Waals surface area (Å²) >= 11 is 0. The minimum Gasteiger partial charge on any atom is -0.497 e. The Morgan fingerprint density at radius 1 is 1.21 bits per heavy atom. The standard InChI is InChI=1S/C16H18N4O3S/c1-20(10-11-3-5-12(23-2)6-4-11)24(21,22)13-7-8-15-14(9-13)16(17)19-18-15/h3-9H,10H2,1-2H3,(H3,17,18,19). The highest BCUT2D eigenvalue weighted by Crippen LogP contribution is 2.24. The van der Waals surface area contributed by atoms with Crippen molar-refractivity contribution in [2.24, 2.45) is 0 Å². The van der Waals surface area contributed by atoms with E-state index in [-0.39, 0.29) is 17.3 Å². The van der Waals surface area contributed by atoms with Crippen molar-refractivity contribution >= 4 is 26.7 Å².